The maximum atomic E-state index is 5.80. The molecule has 0 bridgehead atoms. The number of aryl methyl sites for hydroxylation is 1. The number of benzene rings is 2. The van der Waals surface area contributed by atoms with Gasteiger partial charge in [-0.1, -0.05) is 47.7 Å². The van der Waals surface area contributed by atoms with E-state index in [1.54, 1.807) is 0 Å². The highest BCUT2D eigenvalue weighted by molar-refractivity contribution is 6.18. The molecule has 0 saturated carbocycles. The Bertz CT molecular complexity index is 623. The highest BCUT2D eigenvalue weighted by Gasteiger charge is 1.97. The second-order valence-electron chi connectivity index (χ2n) is 4.55. The Hall–Kier alpha value is -1.91. The van der Waals surface area contributed by atoms with Gasteiger partial charge in [-0.2, -0.15) is 0 Å². The summed E-state index contributed by atoms with van der Waals surface area (Å²) in [5.74, 6) is 7.50. The van der Waals surface area contributed by atoms with E-state index < -0.39 is 0 Å². The first-order chi connectivity index (χ1) is 9.78. The van der Waals surface area contributed by atoms with E-state index in [2.05, 4.69) is 37.0 Å². The van der Waals surface area contributed by atoms with Crippen molar-refractivity contribution in [3.8, 4) is 17.6 Å². The van der Waals surface area contributed by atoms with Gasteiger partial charge in [0, 0.05) is 17.9 Å². The van der Waals surface area contributed by atoms with Crippen molar-refractivity contribution in [3.63, 3.8) is 0 Å². The fourth-order valence-corrected chi connectivity index (χ4v) is 1.94. The van der Waals surface area contributed by atoms with Gasteiger partial charge in [-0.3, -0.25) is 0 Å². The normalized spacial score (nSPS) is 9.70. The second kappa shape index (κ2) is 7.62. The molecule has 0 spiro atoms. The summed E-state index contributed by atoms with van der Waals surface area (Å²) in [4.78, 5) is 0. The third kappa shape index (κ3) is 4.64. The van der Waals surface area contributed by atoms with Crippen LogP contribution in [0.25, 0.3) is 0 Å². The summed E-state index contributed by atoms with van der Waals surface area (Å²) in [7, 11) is 0. The lowest BCUT2D eigenvalue weighted by Gasteiger charge is -2.07. The number of hydrogen-bond acceptors (Lipinski definition) is 1. The van der Waals surface area contributed by atoms with Crippen molar-refractivity contribution in [3.05, 3.63) is 65.2 Å². The molecule has 0 aromatic heterocycles. The third-order valence-corrected chi connectivity index (χ3v) is 2.96. The van der Waals surface area contributed by atoms with Gasteiger partial charge >= 0.3 is 0 Å². The molecular formula is C18H17ClO. The van der Waals surface area contributed by atoms with E-state index in [-0.39, 0.29) is 0 Å². The maximum Gasteiger partial charge on any atom is 0.121 e. The van der Waals surface area contributed by atoms with Crippen LogP contribution in [-0.4, -0.2) is 5.88 Å². The molecule has 2 heteroatoms. The molecule has 0 unspecified atom stereocenters. The van der Waals surface area contributed by atoms with E-state index in [1.165, 1.54) is 11.1 Å². The van der Waals surface area contributed by atoms with Gasteiger partial charge in [0.15, 0.2) is 0 Å². The van der Waals surface area contributed by atoms with Crippen molar-refractivity contribution in [2.45, 2.75) is 20.0 Å². The van der Waals surface area contributed by atoms with Crippen molar-refractivity contribution in [1.29, 1.82) is 0 Å². The molecule has 0 fully saturated rings. The Morgan fingerprint density at radius 1 is 1.10 bits per heavy atom. The van der Waals surface area contributed by atoms with E-state index in [0.29, 0.717) is 18.9 Å². The minimum absolute atomic E-state index is 0.566. The molecule has 2 aromatic rings. The number of alkyl halides is 1. The standard InChI is InChI=1S/C18H17ClO/c1-15-6-4-9-17(12-15)14-20-18-10-5-8-16(13-18)7-2-3-11-19/h4-6,8-10,12-13H,3,11,14H2,1H3. The molecule has 20 heavy (non-hydrogen) atoms. The molecule has 0 N–H and O–H groups in total. The molecule has 0 aliphatic carbocycles. The van der Waals surface area contributed by atoms with Crippen molar-refractivity contribution in [1.82, 2.24) is 0 Å². The van der Waals surface area contributed by atoms with Crippen LogP contribution in [0.15, 0.2) is 48.5 Å². The van der Waals surface area contributed by atoms with Crippen LogP contribution in [0.2, 0.25) is 0 Å². The fourth-order valence-electron chi connectivity index (χ4n) is 1.84. The van der Waals surface area contributed by atoms with Gasteiger partial charge in [0.25, 0.3) is 0 Å². The molecule has 0 atom stereocenters. The van der Waals surface area contributed by atoms with Crippen molar-refractivity contribution in [2.75, 3.05) is 5.88 Å². The summed E-state index contributed by atoms with van der Waals surface area (Å²) in [6.45, 7) is 2.65. The predicted octanol–water partition coefficient (Wildman–Crippen LogP) is 4.55. The minimum Gasteiger partial charge on any atom is -0.489 e. The van der Waals surface area contributed by atoms with E-state index in [9.17, 15) is 0 Å². The summed E-state index contributed by atoms with van der Waals surface area (Å²) < 4.78 is 5.80. The first kappa shape index (κ1) is 14.5. The number of hydrogen-bond donors (Lipinski definition) is 0. The molecule has 0 aliphatic rings. The summed E-state index contributed by atoms with van der Waals surface area (Å²) in [6, 6.07) is 16.1. The average Bonchev–Trinajstić information content (AvgIpc) is 2.46. The quantitative estimate of drug-likeness (QED) is 0.591. The monoisotopic (exact) mass is 284 g/mol. The van der Waals surface area contributed by atoms with Crippen LogP contribution in [-0.2, 0) is 6.61 Å². The SMILES string of the molecule is Cc1cccc(COc2cccc(C#CCCCl)c2)c1. The van der Waals surface area contributed by atoms with Crippen LogP contribution in [0.4, 0.5) is 0 Å². The lowest BCUT2D eigenvalue weighted by Crippen LogP contribution is -1.95. The third-order valence-electron chi connectivity index (χ3n) is 2.77. The van der Waals surface area contributed by atoms with Gasteiger partial charge < -0.3 is 4.74 Å². The van der Waals surface area contributed by atoms with Crippen LogP contribution in [0.1, 0.15) is 23.1 Å². The molecule has 0 amide bonds. The van der Waals surface area contributed by atoms with Crippen molar-refractivity contribution < 1.29 is 4.74 Å². The van der Waals surface area contributed by atoms with Gasteiger partial charge in [0.2, 0.25) is 0 Å². The van der Waals surface area contributed by atoms with Gasteiger partial charge in [-0.25, -0.2) is 0 Å². The smallest absolute Gasteiger partial charge is 0.121 e. The topological polar surface area (TPSA) is 9.23 Å². The fraction of sp³-hybridized carbons (Fsp3) is 0.222. The van der Waals surface area contributed by atoms with Crippen LogP contribution in [0.5, 0.6) is 5.75 Å². The minimum atomic E-state index is 0.566. The molecule has 0 radical (unpaired) electrons. The van der Waals surface area contributed by atoms with Gasteiger partial charge in [-0.05, 0) is 30.7 Å². The molecule has 0 aliphatic heterocycles. The van der Waals surface area contributed by atoms with Crippen molar-refractivity contribution >= 4 is 11.6 Å². The summed E-state index contributed by atoms with van der Waals surface area (Å²) in [6.07, 6.45) is 0.704. The average molecular weight is 285 g/mol. The number of halogens is 1. The van der Waals surface area contributed by atoms with E-state index in [4.69, 9.17) is 16.3 Å². The second-order valence-corrected chi connectivity index (χ2v) is 4.92. The largest absolute Gasteiger partial charge is 0.489 e. The van der Waals surface area contributed by atoms with Crippen LogP contribution in [0.3, 0.4) is 0 Å². The van der Waals surface area contributed by atoms with Gasteiger partial charge in [-0.15, -0.1) is 11.6 Å². The van der Waals surface area contributed by atoms with Crippen LogP contribution >= 0.6 is 11.6 Å². The lowest BCUT2D eigenvalue weighted by atomic mass is 10.1. The molecule has 0 saturated heterocycles. The first-order valence-corrected chi connectivity index (χ1v) is 7.14. The van der Waals surface area contributed by atoms with E-state index >= 15 is 0 Å². The summed E-state index contributed by atoms with van der Waals surface area (Å²) in [5, 5.41) is 0. The first-order valence-electron chi connectivity index (χ1n) is 6.61. The highest BCUT2D eigenvalue weighted by Crippen LogP contribution is 2.15. The zero-order chi connectivity index (χ0) is 14.2. The van der Waals surface area contributed by atoms with Crippen molar-refractivity contribution in [2.24, 2.45) is 0 Å². The summed E-state index contributed by atoms with van der Waals surface area (Å²) in [5.41, 5.74) is 3.37. The molecule has 1 nitrogen and oxygen atoms in total. The number of rotatable bonds is 4. The Kier molecular flexibility index (Phi) is 5.53. The number of ether oxygens (including phenoxy) is 1. The molecule has 0 heterocycles. The Morgan fingerprint density at radius 3 is 2.75 bits per heavy atom. The maximum absolute atomic E-state index is 5.80. The zero-order valence-electron chi connectivity index (χ0n) is 11.5. The summed E-state index contributed by atoms with van der Waals surface area (Å²) >= 11 is 5.60. The van der Waals surface area contributed by atoms with Gasteiger partial charge in [0.1, 0.15) is 12.4 Å². The van der Waals surface area contributed by atoms with Gasteiger partial charge in [0.05, 0.1) is 0 Å². The van der Waals surface area contributed by atoms with Crippen LogP contribution < -0.4 is 4.74 Å². The molecule has 102 valence electrons. The Balaban J connectivity index is 2.00. The molecular weight excluding hydrogens is 268 g/mol. The van der Waals surface area contributed by atoms with E-state index in [1.807, 2.05) is 30.3 Å². The lowest BCUT2D eigenvalue weighted by molar-refractivity contribution is 0.306. The predicted molar refractivity (Wildman–Crippen MR) is 84.2 cm³/mol. The zero-order valence-corrected chi connectivity index (χ0v) is 12.3. The van der Waals surface area contributed by atoms with E-state index in [0.717, 1.165) is 11.3 Å². The Morgan fingerprint density at radius 2 is 1.95 bits per heavy atom. The molecule has 2 rings (SSSR count). The van der Waals surface area contributed by atoms with Crippen LogP contribution in [0, 0.1) is 18.8 Å². The molecule has 2 aromatic carbocycles. The Labute approximate surface area is 125 Å². The highest BCUT2D eigenvalue weighted by atomic mass is 35.5.